The minimum absolute atomic E-state index is 0.152. The summed E-state index contributed by atoms with van der Waals surface area (Å²) in [6.45, 7) is 1.85. The van der Waals surface area contributed by atoms with Crippen molar-refractivity contribution in [2.24, 2.45) is 0 Å². The zero-order chi connectivity index (χ0) is 20.1. The molecule has 0 aliphatic heterocycles. The van der Waals surface area contributed by atoms with E-state index in [1.807, 2.05) is 19.1 Å². The van der Waals surface area contributed by atoms with E-state index >= 15 is 0 Å². The second-order valence-electron chi connectivity index (χ2n) is 6.25. The molecule has 0 aliphatic rings. The van der Waals surface area contributed by atoms with Gasteiger partial charge in [0.25, 0.3) is 15.9 Å². The van der Waals surface area contributed by atoms with Crippen LogP contribution in [0.25, 0.3) is 0 Å². The van der Waals surface area contributed by atoms with Crippen molar-refractivity contribution in [3.8, 4) is 0 Å². The van der Waals surface area contributed by atoms with E-state index in [-0.39, 0.29) is 16.8 Å². The SMILES string of the molecule is CC(NC(=O)c1cccc(NS(=O)(=O)c2ccccc2)c1)c1cccc(Cl)c1. The average Bonchev–Trinajstić information content (AvgIpc) is 2.68. The zero-order valence-corrected chi connectivity index (χ0v) is 16.7. The Kier molecular flexibility index (Phi) is 6.02. The molecular weight excluding hydrogens is 396 g/mol. The third-order valence-corrected chi connectivity index (χ3v) is 5.76. The molecule has 3 rings (SSSR count). The molecule has 5 nitrogen and oxygen atoms in total. The smallest absolute Gasteiger partial charge is 0.261 e. The maximum Gasteiger partial charge on any atom is 0.261 e. The van der Waals surface area contributed by atoms with Crippen LogP contribution in [0.4, 0.5) is 5.69 Å². The van der Waals surface area contributed by atoms with Gasteiger partial charge < -0.3 is 5.32 Å². The van der Waals surface area contributed by atoms with Crippen LogP contribution in [0.1, 0.15) is 28.9 Å². The fraction of sp³-hybridized carbons (Fsp3) is 0.0952. The fourth-order valence-electron chi connectivity index (χ4n) is 2.68. The molecule has 144 valence electrons. The Morgan fingerprint density at radius 3 is 2.36 bits per heavy atom. The van der Waals surface area contributed by atoms with Crippen molar-refractivity contribution in [3.63, 3.8) is 0 Å². The van der Waals surface area contributed by atoms with Crippen molar-refractivity contribution in [3.05, 3.63) is 95.0 Å². The van der Waals surface area contributed by atoms with Crippen LogP contribution in [-0.4, -0.2) is 14.3 Å². The number of carbonyl (C=O) groups excluding carboxylic acids is 1. The maximum atomic E-state index is 12.6. The first-order valence-corrected chi connectivity index (χ1v) is 10.5. The van der Waals surface area contributed by atoms with Crippen LogP contribution in [-0.2, 0) is 10.0 Å². The van der Waals surface area contributed by atoms with Crippen molar-refractivity contribution < 1.29 is 13.2 Å². The van der Waals surface area contributed by atoms with E-state index in [4.69, 9.17) is 11.6 Å². The molecule has 1 atom stereocenters. The molecule has 0 fully saturated rings. The van der Waals surface area contributed by atoms with Crippen molar-refractivity contribution in [2.45, 2.75) is 17.9 Å². The average molecular weight is 415 g/mol. The van der Waals surface area contributed by atoms with Gasteiger partial charge in [-0.15, -0.1) is 0 Å². The quantitative estimate of drug-likeness (QED) is 0.617. The Balaban J connectivity index is 1.75. The van der Waals surface area contributed by atoms with Crippen LogP contribution in [0, 0.1) is 0 Å². The molecule has 1 amide bonds. The third kappa shape index (κ3) is 4.91. The second-order valence-corrected chi connectivity index (χ2v) is 8.37. The van der Waals surface area contributed by atoms with Gasteiger partial charge in [0.15, 0.2) is 0 Å². The minimum atomic E-state index is -3.72. The monoisotopic (exact) mass is 414 g/mol. The highest BCUT2D eigenvalue weighted by molar-refractivity contribution is 7.92. The van der Waals surface area contributed by atoms with Crippen molar-refractivity contribution in [1.29, 1.82) is 0 Å². The van der Waals surface area contributed by atoms with Gasteiger partial charge in [-0.25, -0.2) is 8.42 Å². The molecule has 0 aromatic heterocycles. The van der Waals surface area contributed by atoms with Crippen LogP contribution >= 0.6 is 11.6 Å². The Morgan fingerprint density at radius 1 is 0.929 bits per heavy atom. The minimum Gasteiger partial charge on any atom is -0.346 e. The van der Waals surface area contributed by atoms with Crippen LogP contribution in [0.3, 0.4) is 0 Å². The van der Waals surface area contributed by atoms with E-state index in [1.165, 1.54) is 18.2 Å². The van der Waals surface area contributed by atoms with Gasteiger partial charge in [0.05, 0.1) is 10.9 Å². The Morgan fingerprint density at radius 2 is 1.64 bits per heavy atom. The number of rotatable bonds is 6. The number of nitrogens with one attached hydrogen (secondary N) is 2. The second kappa shape index (κ2) is 8.46. The van der Waals surface area contributed by atoms with Gasteiger partial charge in [-0.3, -0.25) is 9.52 Å². The summed E-state index contributed by atoms with van der Waals surface area (Å²) in [5, 5.41) is 3.48. The molecule has 7 heteroatoms. The van der Waals surface area contributed by atoms with E-state index in [9.17, 15) is 13.2 Å². The van der Waals surface area contributed by atoms with Crippen LogP contribution < -0.4 is 10.0 Å². The largest absolute Gasteiger partial charge is 0.346 e. The van der Waals surface area contributed by atoms with Gasteiger partial charge in [-0.05, 0) is 55.0 Å². The van der Waals surface area contributed by atoms with E-state index in [0.717, 1.165) is 5.56 Å². The third-order valence-electron chi connectivity index (χ3n) is 4.13. The number of hydrogen-bond donors (Lipinski definition) is 2. The highest BCUT2D eigenvalue weighted by atomic mass is 35.5. The number of hydrogen-bond acceptors (Lipinski definition) is 3. The van der Waals surface area contributed by atoms with Crippen molar-refractivity contribution in [2.75, 3.05) is 4.72 Å². The molecule has 0 spiro atoms. The van der Waals surface area contributed by atoms with Crippen LogP contribution in [0.15, 0.2) is 83.8 Å². The number of benzene rings is 3. The summed E-state index contributed by atoms with van der Waals surface area (Å²) in [6, 6.07) is 21.4. The summed E-state index contributed by atoms with van der Waals surface area (Å²) in [4.78, 5) is 12.7. The molecule has 0 bridgehead atoms. The maximum absolute atomic E-state index is 12.6. The number of halogens is 1. The van der Waals surface area contributed by atoms with Gasteiger partial charge in [0, 0.05) is 16.3 Å². The lowest BCUT2D eigenvalue weighted by atomic mass is 10.1. The number of carbonyl (C=O) groups is 1. The van der Waals surface area contributed by atoms with Crippen LogP contribution in [0.5, 0.6) is 0 Å². The van der Waals surface area contributed by atoms with Crippen molar-refractivity contribution in [1.82, 2.24) is 5.32 Å². The number of anilines is 1. The molecule has 0 saturated heterocycles. The normalized spacial score (nSPS) is 12.2. The first-order chi connectivity index (χ1) is 13.3. The first-order valence-electron chi connectivity index (χ1n) is 8.59. The molecule has 2 N–H and O–H groups in total. The molecule has 0 saturated carbocycles. The summed E-state index contributed by atoms with van der Waals surface area (Å²) >= 11 is 6.00. The highest BCUT2D eigenvalue weighted by Crippen LogP contribution is 2.20. The van der Waals surface area contributed by atoms with E-state index in [1.54, 1.807) is 48.5 Å². The van der Waals surface area contributed by atoms with E-state index in [0.29, 0.717) is 16.3 Å². The van der Waals surface area contributed by atoms with Gasteiger partial charge in [0.2, 0.25) is 0 Å². The molecule has 0 radical (unpaired) electrons. The number of amides is 1. The van der Waals surface area contributed by atoms with E-state index in [2.05, 4.69) is 10.0 Å². The van der Waals surface area contributed by atoms with Crippen LogP contribution in [0.2, 0.25) is 5.02 Å². The molecule has 3 aromatic rings. The molecule has 3 aromatic carbocycles. The molecule has 28 heavy (non-hydrogen) atoms. The Labute approximate surface area is 169 Å². The summed E-state index contributed by atoms with van der Waals surface area (Å²) in [5.74, 6) is -0.312. The summed E-state index contributed by atoms with van der Waals surface area (Å²) in [5.41, 5.74) is 1.54. The van der Waals surface area contributed by atoms with Gasteiger partial charge >= 0.3 is 0 Å². The summed E-state index contributed by atoms with van der Waals surface area (Å²) in [7, 11) is -3.72. The predicted molar refractivity (Wildman–Crippen MR) is 111 cm³/mol. The highest BCUT2D eigenvalue weighted by Gasteiger charge is 2.16. The summed E-state index contributed by atoms with van der Waals surface area (Å²) < 4.78 is 27.4. The van der Waals surface area contributed by atoms with Gasteiger partial charge in [-0.1, -0.05) is 48.0 Å². The predicted octanol–water partition coefficient (Wildman–Crippen LogP) is 4.63. The molecular formula is C21H19ClN2O3S. The zero-order valence-electron chi connectivity index (χ0n) is 15.1. The standard InChI is InChI=1S/C21H19ClN2O3S/c1-15(16-7-5-9-18(22)13-16)23-21(25)17-8-6-10-19(14-17)24-28(26,27)20-11-3-2-4-12-20/h2-15,24H,1H3,(H,23,25). The fourth-order valence-corrected chi connectivity index (χ4v) is 3.95. The van der Waals surface area contributed by atoms with Gasteiger partial charge in [0.1, 0.15) is 0 Å². The molecule has 1 unspecified atom stereocenters. The Bertz CT molecular complexity index is 1090. The molecule has 0 heterocycles. The van der Waals surface area contributed by atoms with E-state index < -0.39 is 10.0 Å². The lowest BCUT2D eigenvalue weighted by Gasteiger charge is -2.15. The molecule has 0 aliphatic carbocycles. The number of sulfonamides is 1. The van der Waals surface area contributed by atoms with Crippen molar-refractivity contribution >= 4 is 33.2 Å². The summed E-state index contributed by atoms with van der Waals surface area (Å²) in [6.07, 6.45) is 0. The first kappa shape index (κ1) is 19.9. The lowest BCUT2D eigenvalue weighted by molar-refractivity contribution is 0.0940. The van der Waals surface area contributed by atoms with Gasteiger partial charge in [-0.2, -0.15) is 0 Å². The lowest BCUT2D eigenvalue weighted by Crippen LogP contribution is -2.26. The Hall–Kier alpha value is -2.83. The topological polar surface area (TPSA) is 75.3 Å².